The first-order valence-corrected chi connectivity index (χ1v) is 3.33. The van der Waals surface area contributed by atoms with E-state index in [9.17, 15) is 14.4 Å². The number of esters is 1. The molecule has 0 aromatic rings. The number of carbonyl (C=O) groups excluding carboxylic acids is 2. The van der Waals surface area contributed by atoms with Crippen LogP contribution in [0.4, 0.5) is 0 Å². The molecule has 0 spiro atoms. The van der Waals surface area contributed by atoms with Crippen molar-refractivity contribution in [3.8, 4) is 0 Å². The summed E-state index contributed by atoms with van der Waals surface area (Å²) in [6, 6.07) is -1.28. The van der Waals surface area contributed by atoms with Gasteiger partial charge in [0.1, 0.15) is 0 Å². The third-order valence-electron chi connectivity index (χ3n) is 1.93. The Hall–Kier alpha value is -1.43. The van der Waals surface area contributed by atoms with E-state index >= 15 is 0 Å². The van der Waals surface area contributed by atoms with Crippen LogP contribution in [0.2, 0.25) is 0 Å². The zero-order valence-corrected chi connectivity index (χ0v) is 5.89. The van der Waals surface area contributed by atoms with Crippen molar-refractivity contribution < 1.29 is 24.2 Å². The van der Waals surface area contributed by atoms with Gasteiger partial charge in [0.2, 0.25) is 18.1 Å². The van der Waals surface area contributed by atoms with Crippen LogP contribution >= 0.6 is 0 Å². The standard InChI is InChI=1S/C6H5NO5/c8-2-1-7-3(5(9)10)6(11)12-4(2)7/h3-4H,1H2,(H,9,10). The average Bonchev–Trinajstić information content (AvgIpc) is 2.23. The summed E-state index contributed by atoms with van der Waals surface area (Å²) in [5.41, 5.74) is 0. The minimum Gasteiger partial charge on any atom is -0.480 e. The molecule has 2 aliphatic rings. The molecule has 2 heterocycles. The van der Waals surface area contributed by atoms with Gasteiger partial charge in [0.05, 0.1) is 6.54 Å². The molecular formula is C6H5NO5. The highest BCUT2D eigenvalue weighted by Gasteiger charge is 2.56. The van der Waals surface area contributed by atoms with E-state index in [2.05, 4.69) is 4.74 Å². The van der Waals surface area contributed by atoms with Crippen LogP contribution in [0, 0.1) is 0 Å². The molecule has 2 fully saturated rings. The lowest BCUT2D eigenvalue weighted by Crippen LogP contribution is -2.58. The highest BCUT2D eigenvalue weighted by Crippen LogP contribution is 2.26. The van der Waals surface area contributed by atoms with Crippen LogP contribution in [0.3, 0.4) is 0 Å². The molecule has 0 saturated carbocycles. The van der Waals surface area contributed by atoms with Crippen LogP contribution in [0.25, 0.3) is 0 Å². The van der Waals surface area contributed by atoms with Crippen LogP contribution in [0.5, 0.6) is 0 Å². The van der Waals surface area contributed by atoms with E-state index in [0.717, 1.165) is 0 Å². The van der Waals surface area contributed by atoms with Crippen molar-refractivity contribution in [1.82, 2.24) is 4.90 Å². The largest absolute Gasteiger partial charge is 0.480 e. The molecule has 6 nitrogen and oxygen atoms in total. The number of aliphatic carboxylic acids is 1. The highest BCUT2D eigenvalue weighted by molar-refractivity contribution is 6.06. The molecule has 0 amide bonds. The minimum atomic E-state index is -1.28. The van der Waals surface area contributed by atoms with Gasteiger partial charge in [-0.3, -0.25) is 4.79 Å². The summed E-state index contributed by atoms with van der Waals surface area (Å²) in [5.74, 6) is -2.36. The van der Waals surface area contributed by atoms with Gasteiger partial charge in [0.15, 0.2) is 0 Å². The third kappa shape index (κ3) is 0.696. The number of nitrogens with zero attached hydrogens (tertiary/aromatic N) is 1. The SMILES string of the molecule is O=C1CN2C1OC(=O)C2C(=O)O. The number of fused-ring (bicyclic) bond motifs is 1. The zero-order valence-electron chi connectivity index (χ0n) is 5.89. The number of carboxylic acids is 1. The molecule has 0 aliphatic carbocycles. The molecule has 64 valence electrons. The Morgan fingerprint density at radius 3 is 2.67 bits per heavy atom. The first-order valence-electron chi connectivity index (χ1n) is 3.33. The molecular weight excluding hydrogens is 166 g/mol. The van der Waals surface area contributed by atoms with E-state index in [1.807, 2.05) is 0 Å². The Morgan fingerprint density at radius 2 is 2.25 bits per heavy atom. The fourth-order valence-electron chi connectivity index (χ4n) is 1.33. The van der Waals surface area contributed by atoms with Gasteiger partial charge >= 0.3 is 11.9 Å². The Labute approximate surface area is 66.7 Å². The number of hydrogen-bond acceptors (Lipinski definition) is 5. The molecule has 0 aromatic heterocycles. The molecule has 0 radical (unpaired) electrons. The zero-order chi connectivity index (χ0) is 8.88. The van der Waals surface area contributed by atoms with Gasteiger partial charge < -0.3 is 9.84 Å². The summed E-state index contributed by atoms with van der Waals surface area (Å²) in [4.78, 5) is 33.2. The van der Waals surface area contributed by atoms with Crippen LogP contribution in [-0.4, -0.2) is 46.5 Å². The van der Waals surface area contributed by atoms with Crippen LogP contribution in [0.1, 0.15) is 0 Å². The smallest absolute Gasteiger partial charge is 0.337 e. The summed E-state index contributed by atoms with van der Waals surface area (Å²) < 4.78 is 4.50. The number of Topliss-reactive ketones (excluding diaryl/α,β-unsaturated/α-hetero) is 1. The van der Waals surface area contributed by atoms with Gasteiger partial charge in [-0.25, -0.2) is 14.5 Å². The Morgan fingerprint density at radius 1 is 1.58 bits per heavy atom. The molecule has 2 rings (SSSR count). The fraction of sp³-hybridized carbons (Fsp3) is 0.500. The van der Waals surface area contributed by atoms with Crippen molar-refractivity contribution in [3.63, 3.8) is 0 Å². The fourth-order valence-corrected chi connectivity index (χ4v) is 1.33. The molecule has 2 saturated heterocycles. The monoisotopic (exact) mass is 171 g/mol. The summed E-state index contributed by atoms with van der Waals surface area (Å²) in [7, 11) is 0. The Balaban J connectivity index is 2.22. The summed E-state index contributed by atoms with van der Waals surface area (Å²) >= 11 is 0. The molecule has 2 unspecified atom stereocenters. The van der Waals surface area contributed by atoms with Crippen molar-refractivity contribution >= 4 is 17.7 Å². The number of ketones is 1. The molecule has 2 atom stereocenters. The maximum atomic E-state index is 10.8. The maximum absolute atomic E-state index is 10.8. The number of hydrogen-bond donors (Lipinski definition) is 1. The molecule has 6 heteroatoms. The normalized spacial score (nSPS) is 34.0. The topological polar surface area (TPSA) is 83.9 Å². The molecule has 0 bridgehead atoms. The Kier molecular flexibility index (Phi) is 1.23. The summed E-state index contributed by atoms with van der Waals surface area (Å²) in [6.07, 6.45) is -0.932. The van der Waals surface area contributed by atoms with Crippen LogP contribution in [0.15, 0.2) is 0 Å². The van der Waals surface area contributed by atoms with E-state index in [-0.39, 0.29) is 12.3 Å². The molecule has 1 N–H and O–H groups in total. The second-order valence-electron chi connectivity index (χ2n) is 2.67. The average molecular weight is 171 g/mol. The van der Waals surface area contributed by atoms with Gasteiger partial charge in [0.25, 0.3) is 0 Å². The van der Waals surface area contributed by atoms with Gasteiger partial charge in [-0.1, -0.05) is 0 Å². The maximum Gasteiger partial charge on any atom is 0.337 e. The van der Waals surface area contributed by atoms with Crippen molar-refractivity contribution in [2.24, 2.45) is 0 Å². The lowest BCUT2D eigenvalue weighted by molar-refractivity contribution is -0.158. The predicted octanol–water partition coefficient (Wildman–Crippen LogP) is -1.79. The quantitative estimate of drug-likeness (QED) is 0.370. The third-order valence-corrected chi connectivity index (χ3v) is 1.93. The molecule has 2 aliphatic heterocycles. The van der Waals surface area contributed by atoms with E-state index in [1.165, 1.54) is 4.90 Å². The van der Waals surface area contributed by atoms with Crippen molar-refractivity contribution in [3.05, 3.63) is 0 Å². The van der Waals surface area contributed by atoms with Crippen molar-refractivity contribution in [2.75, 3.05) is 6.54 Å². The number of carboxylic acid groups (broad SMARTS) is 1. The number of rotatable bonds is 1. The lowest BCUT2D eigenvalue weighted by Gasteiger charge is -2.30. The van der Waals surface area contributed by atoms with Crippen LogP contribution < -0.4 is 0 Å². The summed E-state index contributed by atoms with van der Waals surface area (Å²) in [6.45, 7) is -0.00657. The van der Waals surface area contributed by atoms with Gasteiger partial charge in [0, 0.05) is 0 Å². The van der Waals surface area contributed by atoms with E-state index in [4.69, 9.17) is 5.11 Å². The van der Waals surface area contributed by atoms with Crippen LogP contribution in [-0.2, 0) is 19.1 Å². The number of carbonyl (C=O) groups is 3. The Bertz CT molecular complexity index is 286. The van der Waals surface area contributed by atoms with E-state index in [0.29, 0.717) is 0 Å². The van der Waals surface area contributed by atoms with E-state index in [1.54, 1.807) is 0 Å². The second-order valence-corrected chi connectivity index (χ2v) is 2.67. The molecule has 0 aromatic carbocycles. The van der Waals surface area contributed by atoms with Crippen molar-refractivity contribution in [2.45, 2.75) is 12.3 Å². The van der Waals surface area contributed by atoms with Crippen molar-refractivity contribution in [1.29, 1.82) is 0 Å². The van der Waals surface area contributed by atoms with E-state index < -0.39 is 24.2 Å². The number of ether oxygens (including phenoxy) is 1. The first kappa shape index (κ1) is 7.23. The minimum absolute atomic E-state index is 0.00657. The summed E-state index contributed by atoms with van der Waals surface area (Å²) in [5, 5.41) is 8.54. The lowest BCUT2D eigenvalue weighted by atomic mass is 10.1. The van der Waals surface area contributed by atoms with Gasteiger partial charge in [-0.05, 0) is 0 Å². The molecule has 12 heavy (non-hydrogen) atoms. The predicted molar refractivity (Wildman–Crippen MR) is 33.0 cm³/mol. The highest BCUT2D eigenvalue weighted by atomic mass is 16.6. The van der Waals surface area contributed by atoms with Gasteiger partial charge in [-0.15, -0.1) is 0 Å². The second kappa shape index (κ2) is 2.04. The first-order chi connectivity index (χ1) is 5.61. The van der Waals surface area contributed by atoms with Gasteiger partial charge in [-0.2, -0.15) is 0 Å².